The molecule has 0 aliphatic carbocycles. The molecule has 0 saturated heterocycles. The fraction of sp³-hybridized carbons (Fsp3) is 0.533. The van der Waals surface area contributed by atoms with Crippen molar-refractivity contribution in [2.45, 2.75) is 38.6 Å². The van der Waals surface area contributed by atoms with Gasteiger partial charge in [0.2, 0.25) is 5.91 Å². The van der Waals surface area contributed by atoms with E-state index in [4.69, 9.17) is 10.5 Å². The number of benzene rings is 1. The number of ether oxygens (including phenoxy) is 1. The molecule has 0 bridgehead atoms. The van der Waals surface area contributed by atoms with Crippen LogP contribution in [0.25, 0.3) is 0 Å². The Morgan fingerprint density at radius 2 is 2.00 bits per heavy atom. The van der Waals surface area contributed by atoms with Crippen molar-refractivity contribution in [3.8, 4) is 5.75 Å². The molecule has 0 heterocycles. The molecule has 0 aliphatic heterocycles. The van der Waals surface area contributed by atoms with Gasteiger partial charge in [0.05, 0.1) is 7.11 Å². The molecule has 106 valence electrons. The molecule has 19 heavy (non-hydrogen) atoms. The topological polar surface area (TPSA) is 64.3 Å². The van der Waals surface area contributed by atoms with Crippen molar-refractivity contribution in [1.82, 2.24) is 5.32 Å². The Kier molecular flexibility index (Phi) is 6.97. The first-order valence-electron chi connectivity index (χ1n) is 6.83. The van der Waals surface area contributed by atoms with E-state index < -0.39 is 0 Å². The van der Waals surface area contributed by atoms with Gasteiger partial charge in [-0.15, -0.1) is 0 Å². The van der Waals surface area contributed by atoms with E-state index in [1.54, 1.807) is 7.11 Å². The molecule has 1 unspecified atom stereocenters. The Hall–Kier alpha value is -1.55. The minimum atomic E-state index is -0.220. The summed E-state index contributed by atoms with van der Waals surface area (Å²) < 4.78 is 5.15. The SMILES string of the molecule is CCC(NCCCCC(N)=O)c1ccc(OC)cc1. The summed E-state index contributed by atoms with van der Waals surface area (Å²) in [6, 6.07) is 8.48. The zero-order valence-electron chi connectivity index (χ0n) is 11.8. The van der Waals surface area contributed by atoms with Crippen LogP contribution in [0.15, 0.2) is 24.3 Å². The number of methoxy groups -OCH3 is 1. The van der Waals surface area contributed by atoms with E-state index in [0.29, 0.717) is 12.5 Å². The number of nitrogens with two attached hydrogens (primary N) is 1. The highest BCUT2D eigenvalue weighted by molar-refractivity contribution is 5.73. The Morgan fingerprint density at radius 1 is 1.32 bits per heavy atom. The molecule has 1 atom stereocenters. The Morgan fingerprint density at radius 3 is 2.53 bits per heavy atom. The molecule has 4 heteroatoms. The molecule has 3 N–H and O–H groups in total. The Bertz CT molecular complexity index is 376. The first-order valence-corrected chi connectivity index (χ1v) is 6.83. The lowest BCUT2D eigenvalue weighted by Crippen LogP contribution is -2.22. The first kappa shape index (κ1) is 15.5. The lowest BCUT2D eigenvalue weighted by Gasteiger charge is -2.17. The summed E-state index contributed by atoms with van der Waals surface area (Å²) in [6.45, 7) is 3.06. The molecule has 0 aliphatic rings. The highest BCUT2D eigenvalue weighted by atomic mass is 16.5. The molecular weight excluding hydrogens is 240 g/mol. The molecule has 0 spiro atoms. The van der Waals surface area contributed by atoms with Crippen molar-refractivity contribution in [2.24, 2.45) is 5.73 Å². The van der Waals surface area contributed by atoms with Crippen molar-refractivity contribution in [1.29, 1.82) is 0 Å². The third-order valence-corrected chi connectivity index (χ3v) is 3.17. The summed E-state index contributed by atoms with van der Waals surface area (Å²) in [5, 5.41) is 3.50. The van der Waals surface area contributed by atoms with Gasteiger partial charge < -0.3 is 15.8 Å². The molecule has 0 radical (unpaired) electrons. The Labute approximate surface area is 115 Å². The lowest BCUT2D eigenvalue weighted by molar-refractivity contribution is -0.118. The smallest absolute Gasteiger partial charge is 0.217 e. The maximum absolute atomic E-state index is 10.6. The van der Waals surface area contributed by atoms with E-state index in [0.717, 1.165) is 31.6 Å². The second-order valence-electron chi connectivity index (χ2n) is 4.61. The van der Waals surface area contributed by atoms with Crippen LogP contribution in [-0.4, -0.2) is 19.6 Å². The number of amides is 1. The second kappa shape index (κ2) is 8.53. The molecule has 0 saturated carbocycles. The molecule has 0 fully saturated rings. The predicted molar refractivity (Wildman–Crippen MR) is 77.1 cm³/mol. The van der Waals surface area contributed by atoms with Crippen LogP contribution in [0.3, 0.4) is 0 Å². The van der Waals surface area contributed by atoms with Gasteiger partial charge in [0, 0.05) is 12.5 Å². The fourth-order valence-electron chi connectivity index (χ4n) is 2.03. The van der Waals surface area contributed by atoms with Crippen LogP contribution in [0.4, 0.5) is 0 Å². The highest BCUT2D eigenvalue weighted by Crippen LogP contribution is 2.20. The summed E-state index contributed by atoms with van der Waals surface area (Å²) >= 11 is 0. The van der Waals surface area contributed by atoms with Crippen molar-refractivity contribution in [3.63, 3.8) is 0 Å². The summed E-state index contributed by atoms with van der Waals surface area (Å²) in [4.78, 5) is 10.6. The molecule has 1 aromatic rings. The second-order valence-corrected chi connectivity index (χ2v) is 4.61. The molecule has 1 rings (SSSR count). The van der Waals surface area contributed by atoms with Gasteiger partial charge in [-0.1, -0.05) is 19.1 Å². The first-order chi connectivity index (χ1) is 9.17. The molecule has 0 aromatic heterocycles. The van der Waals surface area contributed by atoms with E-state index in [2.05, 4.69) is 24.4 Å². The normalized spacial score (nSPS) is 12.1. The lowest BCUT2D eigenvalue weighted by atomic mass is 10.0. The number of unbranched alkanes of at least 4 members (excludes halogenated alkanes) is 1. The number of primary amides is 1. The monoisotopic (exact) mass is 264 g/mol. The van der Waals surface area contributed by atoms with Crippen molar-refractivity contribution < 1.29 is 9.53 Å². The zero-order valence-corrected chi connectivity index (χ0v) is 11.8. The quantitative estimate of drug-likeness (QED) is 0.673. The third-order valence-electron chi connectivity index (χ3n) is 3.17. The summed E-state index contributed by atoms with van der Waals surface area (Å²) in [5.41, 5.74) is 6.37. The van der Waals surface area contributed by atoms with Gasteiger partial charge in [0.15, 0.2) is 0 Å². The van der Waals surface area contributed by atoms with Crippen LogP contribution >= 0.6 is 0 Å². The minimum absolute atomic E-state index is 0.220. The van der Waals surface area contributed by atoms with Crippen LogP contribution in [0.5, 0.6) is 5.75 Å². The molecule has 4 nitrogen and oxygen atoms in total. The van der Waals surface area contributed by atoms with Crippen LogP contribution in [0.1, 0.15) is 44.2 Å². The molecule has 1 aromatic carbocycles. The predicted octanol–water partition coefficient (Wildman–Crippen LogP) is 2.39. The number of rotatable bonds is 9. The highest BCUT2D eigenvalue weighted by Gasteiger charge is 2.08. The number of carbonyl (C=O) groups excluding carboxylic acids is 1. The van der Waals surface area contributed by atoms with E-state index in [9.17, 15) is 4.79 Å². The van der Waals surface area contributed by atoms with Crippen molar-refractivity contribution in [3.05, 3.63) is 29.8 Å². The van der Waals surface area contributed by atoms with Gasteiger partial charge in [-0.05, 0) is 43.5 Å². The maximum Gasteiger partial charge on any atom is 0.217 e. The Balaban J connectivity index is 2.37. The summed E-state index contributed by atoms with van der Waals surface area (Å²) in [7, 11) is 1.67. The van der Waals surface area contributed by atoms with Crippen LogP contribution < -0.4 is 15.8 Å². The zero-order chi connectivity index (χ0) is 14.1. The van der Waals surface area contributed by atoms with E-state index in [-0.39, 0.29) is 5.91 Å². The van der Waals surface area contributed by atoms with Gasteiger partial charge in [0.25, 0.3) is 0 Å². The molecule has 1 amide bonds. The van der Waals surface area contributed by atoms with Gasteiger partial charge in [0.1, 0.15) is 5.75 Å². The maximum atomic E-state index is 10.6. The third kappa shape index (κ3) is 5.75. The summed E-state index contributed by atoms with van der Waals surface area (Å²) in [5.74, 6) is 0.655. The van der Waals surface area contributed by atoms with Crippen molar-refractivity contribution in [2.75, 3.05) is 13.7 Å². The fourth-order valence-corrected chi connectivity index (χ4v) is 2.03. The summed E-state index contributed by atoms with van der Waals surface area (Å²) in [6.07, 6.45) is 3.32. The van der Waals surface area contributed by atoms with Crippen LogP contribution in [-0.2, 0) is 4.79 Å². The van der Waals surface area contributed by atoms with Crippen LogP contribution in [0, 0.1) is 0 Å². The van der Waals surface area contributed by atoms with Gasteiger partial charge in [-0.3, -0.25) is 4.79 Å². The standard InChI is InChI=1S/C15H24N2O2/c1-3-14(17-11-5-4-6-15(16)18)12-7-9-13(19-2)10-8-12/h7-10,14,17H,3-6,11H2,1-2H3,(H2,16,18). The van der Waals surface area contributed by atoms with E-state index in [1.165, 1.54) is 5.56 Å². The van der Waals surface area contributed by atoms with Crippen molar-refractivity contribution >= 4 is 5.91 Å². The number of nitrogens with one attached hydrogen (secondary N) is 1. The number of hydrogen-bond acceptors (Lipinski definition) is 3. The molecular formula is C15H24N2O2. The van der Waals surface area contributed by atoms with E-state index in [1.807, 2.05) is 12.1 Å². The average molecular weight is 264 g/mol. The van der Waals surface area contributed by atoms with Gasteiger partial charge in [-0.25, -0.2) is 0 Å². The minimum Gasteiger partial charge on any atom is -0.497 e. The number of carbonyl (C=O) groups is 1. The number of hydrogen-bond donors (Lipinski definition) is 2. The van der Waals surface area contributed by atoms with E-state index >= 15 is 0 Å². The largest absolute Gasteiger partial charge is 0.497 e. The van der Waals surface area contributed by atoms with Gasteiger partial charge in [-0.2, -0.15) is 0 Å². The van der Waals surface area contributed by atoms with Crippen LogP contribution in [0.2, 0.25) is 0 Å². The average Bonchev–Trinajstić information content (AvgIpc) is 2.43. The van der Waals surface area contributed by atoms with Gasteiger partial charge >= 0.3 is 0 Å².